The highest BCUT2D eigenvalue weighted by Gasteiger charge is 2.08. The average Bonchev–Trinajstić information content (AvgIpc) is 2.18. The Morgan fingerprint density at radius 3 is 2.73 bits per heavy atom. The summed E-state index contributed by atoms with van der Waals surface area (Å²) >= 11 is 5.80. The highest BCUT2D eigenvalue weighted by atomic mass is 35.5. The summed E-state index contributed by atoms with van der Waals surface area (Å²) in [7, 11) is 0. The number of ketones is 1. The van der Waals surface area contributed by atoms with Gasteiger partial charge in [-0.25, -0.2) is 0 Å². The van der Waals surface area contributed by atoms with E-state index in [1.165, 1.54) is 0 Å². The van der Waals surface area contributed by atoms with Crippen LogP contribution in [0.2, 0.25) is 5.02 Å². The van der Waals surface area contributed by atoms with E-state index in [0.717, 1.165) is 0 Å². The van der Waals surface area contributed by atoms with Crippen LogP contribution in [0.15, 0.2) is 18.2 Å². The van der Waals surface area contributed by atoms with Gasteiger partial charge in [0.15, 0.2) is 5.78 Å². The molecule has 0 unspecified atom stereocenters. The fourth-order valence-electron chi connectivity index (χ4n) is 1.03. The Morgan fingerprint density at radius 1 is 1.53 bits per heavy atom. The highest BCUT2D eigenvalue weighted by molar-refractivity contribution is 6.33. The van der Waals surface area contributed by atoms with Crippen LogP contribution >= 0.6 is 11.6 Å². The van der Waals surface area contributed by atoms with Gasteiger partial charge in [-0.3, -0.25) is 4.79 Å². The molecule has 0 atom stereocenters. The molecule has 0 aliphatic heterocycles. The second-order valence-electron chi connectivity index (χ2n) is 3.52. The lowest BCUT2D eigenvalue weighted by atomic mass is 10.1. The Hall–Kier alpha value is -1.06. The molecule has 0 radical (unpaired) electrons. The molecule has 1 aromatic rings. The van der Waals surface area contributed by atoms with Gasteiger partial charge < -0.3 is 10.5 Å². The molecule has 1 rings (SSSR count). The number of anilines is 1. The molecule has 2 N–H and O–H groups in total. The van der Waals surface area contributed by atoms with E-state index in [-0.39, 0.29) is 18.5 Å². The number of nitrogens with two attached hydrogens (primary N) is 1. The van der Waals surface area contributed by atoms with Gasteiger partial charge in [0.05, 0.1) is 16.8 Å². The number of halogens is 1. The van der Waals surface area contributed by atoms with Crippen LogP contribution in [-0.2, 0) is 4.74 Å². The maximum atomic E-state index is 11.6. The average molecular weight is 228 g/mol. The van der Waals surface area contributed by atoms with E-state index in [1.807, 2.05) is 13.8 Å². The molecule has 0 saturated heterocycles. The van der Waals surface area contributed by atoms with Crippen molar-refractivity contribution in [2.45, 2.75) is 20.0 Å². The van der Waals surface area contributed by atoms with Gasteiger partial charge in [0.2, 0.25) is 0 Å². The summed E-state index contributed by atoms with van der Waals surface area (Å²) < 4.78 is 5.20. The molecule has 3 nitrogen and oxygen atoms in total. The number of rotatable bonds is 4. The number of Topliss-reactive ketones (excluding diaryl/α,β-unsaturated/α-hetero) is 1. The smallest absolute Gasteiger partial charge is 0.188 e. The van der Waals surface area contributed by atoms with Crippen molar-refractivity contribution < 1.29 is 9.53 Å². The zero-order chi connectivity index (χ0) is 11.4. The Bertz CT molecular complexity index is 364. The van der Waals surface area contributed by atoms with Crippen molar-refractivity contribution in [2.75, 3.05) is 12.3 Å². The molecule has 82 valence electrons. The minimum absolute atomic E-state index is 0.0400. The van der Waals surface area contributed by atoms with E-state index in [1.54, 1.807) is 18.2 Å². The first kappa shape index (κ1) is 12.0. The number of carbonyl (C=O) groups is 1. The SMILES string of the molecule is CC(C)OCC(=O)c1ccc(N)c(Cl)c1. The van der Waals surface area contributed by atoms with E-state index in [2.05, 4.69) is 0 Å². The zero-order valence-corrected chi connectivity index (χ0v) is 9.54. The van der Waals surface area contributed by atoms with E-state index >= 15 is 0 Å². The quantitative estimate of drug-likeness (QED) is 0.635. The van der Waals surface area contributed by atoms with Crippen LogP contribution < -0.4 is 5.73 Å². The molecular weight excluding hydrogens is 214 g/mol. The highest BCUT2D eigenvalue weighted by Crippen LogP contribution is 2.19. The predicted molar refractivity (Wildman–Crippen MR) is 61.3 cm³/mol. The maximum absolute atomic E-state index is 11.6. The lowest BCUT2D eigenvalue weighted by Crippen LogP contribution is -2.13. The molecule has 0 aliphatic carbocycles. The van der Waals surface area contributed by atoms with E-state index < -0.39 is 0 Å². The van der Waals surface area contributed by atoms with Crippen molar-refractivity contribution >= 4 is 23.1 Å². The number of carbonyl (C=O) groups excluding carboxylic acids is 1. The summed E-state index contributed by atoms with van der Waals surface area (Å²) in [5.74, 6) is -0.0920. The summed E-state index contributed by atoms with van der Waals surface area (Å²) in [6.07, 6.45) is 0.0400. The van der Waals surface area contributed by atoms with E-state index in [4.69, 9.17) is 22.1 Å². The number of hydrogen-bond donors (Lipinski definition) is 1. The molecule has 0 aromatic heterocycles. The molecule has 0 heterocycles. The first-order valence-corrected chi connectivity index (χ1v) is 5.08. The van der Waals surface area contributed by atoms with Gasteiger partial charge in [-0.1, -0.05) is 11.6 Å². The summed E-state index contributed by atoms with van der Waals surface area (Å²) in [5, 5.41) is 0.394. The molecule has 0 amide bonds. The molecule has 0 bridgehead atoms. The van der Waals surface area contributed by atoms with Crippen molar-refractivity contribution in [3.63, 3.8) is 0 Å². The second kappa shape index (κ2) is 5.14. The van der Waals surface area contributed by atoms with Gasteiger partial charge in [-0.05, 0) is 32.0 Å². The van der Waals surface area contributed by atoms with Crippen LogP contribution in [0.3, 0.4) is 0 Å². The standard InChI is InChI=1S/C11H14ClNO2/c1-7(2)15-6-11(14)8-3-4-10(13)9(12)5-8/h3-5,7H,6,13H2,1-2H3. The molecule has 15 heavy (non-hydrogen) atoms. The summed E-state index contributed by atoms with van der Waals surface area (Å²) in [5.41, 5.74) is 6.53. The van der Waals surface area contributed by atoms with Crippen molar-refractivity contribution in [3.05, 3.63) is 28.8 Å². The summed E-state index contributed by atoms with van der Waals surface area (Å²) in [6.45, 7) is 3.82. The Balaban J connectivity index is 2.70. The number of ether oxygens (including phenoxy) is 1. The molecular formula is C11H14ClNO2. The molecule has 0 fully saturated rings. The number of nitrogen functional groups attached to an aromatic ring is 1. The molecule has 0 spiro atoms. The Morgan fingerprint density at radius 2 is 2.20 bits per heavy atom. The minimum Gasteiger partial charge on any atom is -0.398 e. The Labute approximate surface area is 94.2 Å². The van der Waals surface area contributed by atoms with Gasteiger partial charge in [0.25, 0.3) is 0 Å². The van der Waals surface area contributed by atoms with Crippen molar-refractivity contribution in [1.29, 1.82) is 0 Å². The van der Waals surface area contributed by atoms with E-state index in [0.29, 0.717) is 16.3 Å². The van der Waals surface area contributed by atoms with Crippen molar-refractivity contribution in [1.82, 2.24) is 0 Å². The third kappa shape index (κ3) is 3.53. The third-order valence-corrected chi connectivity index (χ3v) is 2.20. The molecule has 0 aliphatic rings. The molecule has 4 heteroatoms. The number of hydrogen-bond acceptors (Lipinski definition) is 3. The third-order valence-electron chi connectivity index (χ3n) is 1.87. The normalized spacial score (nSPS) is 10.7. The van der Waals surface area contributed by atoms with Gasteiger partial charge in [-0.2, -0.15) is 0 Å². The van der Waals surface area contributed by atoms with Crippen molar-refractivity contribution in [2.24, 2.45) is 0 Å². The second-order valence-corrected chi connectivity index (χ2v) is 3.93. The first-order valence-electron chi connectivity index (χ1n) is 4.70. The lowest BCUT2D eigenvalue weighted by Gasteiger charge is -2.07. The van der Waals surface area contributed by atoms with Crippen LogP contribution in [0.1, 0.15) is 24.2 Å². The summed E-state index contributed by atoms with van der Waals surface area (Å²) in [6, 6.07) is 4.82. The number of benzene rings is 1. The van der Waals surface area contributed by atoms with Gasteiger partial charge in [-0.15, -0.1) is 0 Å². The van der Waals surface area contributed by atoms with Gasteiger partial charge in [0.1, 0.15) is 6.61 Å². The monoisotopic (exact) mass is 227 g/mol. The van der Waals surface area contributed by atoms with Gasteiger partial charge >= 0.3 is 0 Å². The zero-order valence-electron chi connectivity index (χ0n) is 8.79. The van der Waals surface area contributed by atoms with Crippen molar-refractivity contribution in [3.8, 4) is 0 Å². The molecule has 1 aromatic carbocycles. The van der Waals surface area contributed by atoms with Crippen LogP contribution in [0.25, 0.3) is 0 Å². The molecule has 0 saturated carbocycles. The fraction of sp³-hybridized carbons (Fsp3) is 0.364. The largest absolute Gasteiger partial charge is 0.398 e. The van der Waals surface area contributed by atoms with Crippen LogP contribution in [-0.4, -0.2) is 18.5 Å². The fourth-order valence-corrected chi connectivity index (χ4v) is 1.21. The summed E-state index contributed by atoms with van der Waals surface area (Å²) in [4.78, 5) is 11.6. The maximum Gasteiger partial charge on any atom is 0.188 e. The minimum atomic E-state index is -0.0920. The predicted octanol–water partition coefficient (Wildman–Crippen LogP) is 2.53. The Kier molecular flexibility index (Phi) is 4.12. The lowest BCUT2D eigenvalue weighted by molar-refractivity contribution is 0.0585. The van der Waals surface area contributed by atoms with E-state index in [9.17, 15) is 4.79 Å². The van der Waals surface area contributed by atoms with Crippen LogP contribution in [0.5, 0.6) is 0 Å². The van der Waals surface area contributed by atoms with Crippen LogP contribution in [0.4, 0.5) is 5.69 Å². The first-order chi connectivity index (χ1) is 7.00. The van der Waals surface area contributed by atoms with Gasteiger partial charge in [0, 0.05) is 5.56 Å². The van der Waals surface area contributed by atoms with Crippen LogP contribution in [0, 0.1) is 0 Å². The topological polar surface area (TPSA) is 52.3 Å².